The third-order valence-corrected chi connectivity index (χ3v) is 4.31. The van der Waals surface area contributed by atoms with Crippen LogP contribution >= 0.6 is 0 Å². The van der Waals surface area contributed by atoms with Gasteiger partial charge in [0.05, 0.1) is 17.6 Å². The Bertz CT molecular complexity index is 510. The summed E-state index contributed by atoms with van der Waals surface area (Å²) in [5.41, 5.74) is 3.60. The number of rotatable bonds is 2. The molecule has 1 atom stereocenters. The predicted molar refractivity (Wildman–Crippen MR) is 73.7 cm³/mol. The van der Waals surface area contributed by atoms with Crippen LogP contribution in [0.25, 0.3) is 0 Å². The second-order valence-electron chi connectivity index (χ2n) is 5.58. The molecule has 102 valence electrons. The third-order valence-electron chi connectivity index (χ3n) is 4.31. The van der Waals surface area contributed by atoms with E-state index in [2.05, 4.69) is 19.1 Å². The van der Waals surface area contributed by atoms with Gasteiger partial charge >= 0.3 is 0 Å². The quantitative estimate of drug-likeness (QED) is 0.888. The molecule has 1 saturated heterocycles. The van der Waals surface area contributed by atoms with E-state index >= 15 is 0 Å². The van der Waals surface area contributed by atoms with Gasteiger partial charge in [-0.05, 0) is 55.9 Å². The van der Waals surface area contributed by atoms with Crippen molar-refractivity contribution in [2.75, 3.05) is 13.2 Å². The number of ether oxygens (including phenoxy) is 1. The molecule has 1 unspecified atom stereocenters. The molecule has 1 aromatic carbocycles. The molecule has 0 amide bonds. The lowest BCUT2D eigenvalue weighted by Gasteiger charge is -2.35. The van der Waals surface area contributed by atoms with Gasteiger partial charge in [0.1, 0.15) is 0 Å². The Hall–Kier alpha value is -1.37. The molecular formula is C16H21NO2. The van der Waals surface area contributed by atoms with Crippen molar-refractivity contribution < 1.29 is 9.84 Å². The standard InChI is InChI=1S/C16H21NO2/c1-11-8-13(3)14(9-12(11)2)15(18)16(10-17)4-6-19-7-5-16/h8-9,15,18H,4-7H2,1-3H3. The minimum absolute atomic E-state index is 0.550. The summed E-state index contributed by atoms with van der Waals surface area (Å²) in [5.74, 6) is 0. The summed E-state index contributed by atoms with van der Waals surface area (Å²) >= 11 is 0. The Kier molecular flexibility index (Phi) is 3.93. The Morgan fingerprint density at radius 2 is 1.74 bits per heavy atom. The lowest BCUT2D eigenvalue weighted by molar-refractivity contribution is -0.0312. The lowest BCUT2D eigenvalue weighted by Crippen LogP contribution is -2.34. The van der Waals surface area contributed by atoms with Gasteiger partial charge in [-0.3, -0.25) is 0 Å². The van der Waals surface area contributed by atoms with Crippen LogP contribution in [0.1, 0.15) is 41.2 Å². The second kappa shape index (κ2) is 5.32. The smallest absolute Gasteiger partial charge is 0.0980 e. The van der Waals surface area contributed by atoms with Crippen molar-refractivity contribution in [2.45, 2.75) is 39.7 Å². The van der Waals surface area contributed by atoms with E-state index < -0.39 is 11.5 Å². The number of nitrogens with zero attached hydrogens (tertiary/aromatic N) is 1. The Morgan fingerprint density at radius 3 is 2.32 bits per heavy atom. The summed E-state index contributed by atoms with van der Waals surface area (Å²) in [4.78, 5) is 0. The summed E-state index contributed by atoms with van der Waals surface area (Å²) in [7, 11) is 0. The van der Waals surface area contributed by atoms with E-state index in [1.807, 2.05) is 19.9 Å². The Morgan fingerprint density at radius 1 is 1.16 bits per heavy atom. The second-order valence-corrected chi connectivity index (χ2v) is 5.58. The van der Waals surface area contributed by atoms with E-state index in [-0.39, 0.29) is 0 Å². The van der Waals surface area contributed by atoms with Crippen molar-refractivity contribution in [3.8, 4) is 6.07 Å². The zero-order chi connectivity index (χ0) is 14.0. The van der Waals surface area contributed by atoms with Crippen LogP contribution in [0.2, 0.25) is 0 Å². The lowest BCUT2D eigenvalue weighted by atomic mass is 9.73. The van der Waals surface area contributed by atoms with Gasteiger partial charge in [0.25, 0.3) is 0 Å². The zero-order valence-electron chi connectivity index (χ0n) is 11.9. The molecule has 1 heterocycles. The highest BCUT2D eigenvalue weighted by molar-refractivity contribution is 5.39. The number of nitriles is 1. The number of hydrogen-bond donors (Lipinski definition) is 1. The van der Waals surface area contributed by atoms with Gasteiger partial charge in [-0.1, -0.05) is 12.1 Å². The molecule has 1 N–H and O–H groups in total. The minimum atomic E-state index is -0.735. The first kappa shape index (κ1) is 14.0. The number of hydrogen-bond acceptors (Lipinski definition) is 3. The average Bonchev–Trinajstić information content (AvgIpc) is 2.43. The molecule has 0 saturated carbocycles. The van der Waals surface area contributed by atoms with Gasteiger partial charge in [0, 0.05) is 13.2 Å². The van der Waals surface area contributed by atoms with E-state index in [0.29, 0.717) is 26.1 Å². The maximum absolute atomic E-state index is 10.7. The van der Waals surface area contributed by atoms with Gasteiger partial charge in [-0.25, -0.2) is 0 Å². The molecule has 0 aliphatic carbocycles. The molecule has 2 rings (SSSR count). The molecular weight excluding hydrogens is 238 g/mol. The van der Waals surface area contributed by atoms with Gasteiger partial charge < -0.3 is 9.84 Å². The molecule has 0 radical (unpaired) electrons. The number of aliphatic hydroxyl groups is 1. The number of benzene rings is 1. The Balaban J connectivity index is 2.40. The SMILES string of the molecule is Cc1cc(C)c(C(O)C2(C#N)CCOCC2)cc1C. The van der Waals surface area contributed by atoms with Crippen molar-refractivity contribution in [3.63, 3.8) is 0 Å². The van der Waals surface area contributed by atoms with Crippen molar-refractivity contribution in [3.05, 3.63) is 34.4 Å². The Labute approximate surface area is 114 Å². The highest BCUT2D eigenvalue weighted by Crippen LogP contribution is 2.43. The topological polar surface area (TPSA) is 53.2 Å². The maximum atomic E-state index is 10.7. The van der Waals surface area contributed by atoms with Crippen LogP contribution in [0.4, 0.5) is 0 Å². The van der Waals surface area contributed by atoms with E-state index in [4.69, 9.17) is 4.74 Å². The summed E-state index contributed by atoms with van der Waals surface area (Å²) in [6.07, 6.45) is 0.453. The van der Waals surface area contributed by atoms with Gasteiger partial charge in [-0.2, -0.15) is 5.26 Å². The fraction of sp³-hybridized carbons (Fsp3) is 0.562. The normalized spacial score (nSPS) is 19.7. The van der Waals surface area contributed by atoms with Gasteiger partial charge in [0.15, 0.2) is 0 Å². The van der Waals surface area contributed by atoms with Crippen LogP contribution in [-0.4, -0.2) is 18.3 Å². The van der Waals surface area contributed by atoms with Crippen LogP contribution in [0, 0.1) is 37.5 Å². The molecule has 1 aromatic rings. The van der Waals surface area contributed by atoms with Crippen molar-refractivity contribution in [2.24, 2.45) is 5.41 Å². The van der Waals surface area contributed by atoms with E-state index in [0.717, 1.165) is 16.7 Å². The predicted octanol–water partition coefficient (Wildman–Crippen LogP) is 2.97. The largest absolute Gasteiger partial charge is 0.387 e. The van der Waals surface area contributed by atoms with Crippen molar-refractivity contribution >= 4 is 0 Å². The monoisotopic (exact) mass is 259 g/mol. The number of aliphatic hydroxyl groups excluding tert-OH is 1. The summed E-state index contributed by atoms with van der Waals surface area (Å²) < 4.78 is 5.32. The fourth-order valence-electron chi connectivity index (χ4n) is 2.76. The van der Waals surface area contributed by atoms with Crippen LogP contribution in [0.15, 0.2) is 12.1 Å². The van der Waals surface area contributed by atoms with Gasteiger partial charge in [-0.15, -0.1) is 0 Å². The molecule has 0 bridgehead atoms. The molecule has 1 fully saturated rings. The average molecular weight is 259 g/mol. The van der Waals surface area contributed by atoms with Crippen LogP contribution in [-0.2, 0) is 4.74 Å². The molecule has 3 nitrogen and oxygen atoms in total. The molecule has 19 heavy (non-hydrogen) atoms. The molecule has 0 spiro atoms. The molecule has 3 heteroatoms. The first-order chi connectivity index (χ1) is 9.00. The zero-order valence-corrected chi connectivity index (χ0v) is 11.9. The van der Waals surface area contributed by atoms with E-state index in [1.165, 1.54) is 5.56 Å². The maximum Gasteiger partial charge on any atom is 0.0980 e. The van der Waals surface area contributed by atoms with Crippen LogP contribution in [0.3, 0.4) is 0 Å². The first-order valence-electron chi connectivity index (χ1n) is 6.75. The van der Waals surface area contributed by atoms with Gasteiger partial charge in [0.2, 0.25) is 0 Å². The fourth-order valence-corrected chi connectivity index (χ4v) is 2.76. The summed E-state index contributed by atoms with van der Waals surface area (Å²) in [5, 5.41) is 20.2. The number of aryl methyl sites for hydroxylation is 3. The van der Waals surface area contributed by atoms with E-state index in [9.17, 15) is 10.4 Å². The van der Waals surface area contributed by atoms with E-state index in [1.54, 1.807) is 0 Å². The summed E-state index contributed by atoms with van der Waals surface area (Å²) in [6, 6.07) is 6.45. The molecule has 1 aliphatic heterocycles. The van der Waals surface area contributed by atoms with Crippen molar-refractivity contribution in [1.29, 1.82) is 5.26 Å². The third kappa shape index (κ3) is 2.51. The van der Waals surface area contributed by atoms with Crippen LogP contribution in [0.5, 0.6) is 0 Å². The van der Waals surface area contributed by atoms with Crippen molar-refractivity contribution in [1.82, 2.24) is 0 Å². The summed E-state index contributed by atoms with van der Waals surface area (Å²) in [6.45, 7) is 7.19. The highest BCUT2D eigenvalue weighted by Gasteiger charge is 2.41. The first-order valence-corrected chi connectivity index (χ1v) is 6.75. The van der Waals surface area contributed by atoms with Crippen LogP contribution < -0.4 is 0 Å². The highest BCUT2D eigenvalue weighted by atomic mass is 16.5. The molecule has 1 aliphatic rings. The minimum Gasteiger partial charge on any atom is -0.387 e. The molecule has 0 aromatic heterocycles.